The number of carbonyl (C=O) groups is 2. The van der Waals surface area contributed by atoms with Crippen molar-refractivity contribution in [3.63, 3.8) is 0 Å². The molecule has 2 saturated carbocycles. The van der Waals surface area contributed by atoms with Gasteiger partial charge in [-0.1, -0.05) is 18.2 Å². The Morgan fingerprint density at radius 2 is 1.78 bits per heavy atom. The molecule has 6 nitrogen and oxygen atoms in total. The number of rotatable bonds is 7. The number of pyridine rings is 1. The molecular formula is C21H23N3O3. The highest BCUT2D eigenvalue weighted by molar-refractivity contribution is 5.94. The van der Waals surface area contributed by atoms with Gasteiger partial charge in [0.25, 0.3) is 11.5 Å². The maximum absolute atomic E-state index is 12.8. The van der Waals surface area contributed by atoms with E-state index in [1.165, 1.54) is 10.6 Å². The van der Waals surface area contributed by atoms with Gasteiger partial charge in [0.2, 0.25) is 5.91 Å². The second-order valence-corrected chi connectivity index (χ2v) is 7.36. The molecule has 1 aromatic heterocycles. The zero-order valence-corrected chi connectivity index (χ0v) is 15.1. The monoisotopic (exact) mass is 365 g/mol. The van der Waals surface area contributed by atoms with Gasteiger partial charge in [-0.25, -0.2) is 0 Å². The van der Waals surface area contributed by atoms with E-state index < -0.39 is 0 Å². The number of aromatic nitrogens is 1. The predicted molar refractivity (Wildman–Crippen MR) is 101 cm³/mol. The van der Waals surface area contributed by atoms with Crippen LogP contribution in [0.25, 0.3) is 0 Å². The molecule has 6 heteroatoms. The number of nitrogens with one attached hydrogen (secondary N) is 1. The lowest BCUT2D eigenvalue weighted by Crippen LogP contribution is -2.37. The zero-order chi connectivity index (χ0) is 18.8. The lowest BCUT2D eigenvalue weighted by Gasteiger charge is -2.23. The third kappa shape index (κ3) is 4.45. The van der Waals surface area contributed by atoms with Crippen molar-refractivity contribution in [2.75, 3.05) is 0 Å². The van der Waals surface area contributed by atoms with Gasteiger partial charge in [-0.15, -0.1) is 0 Å². The van der Waals surface area contributed by atoms with Crippen LogP contribution in [-0.4, -0.2) is 33.4 Å². The second kappa shape index (κ2) is 7.39. The van der Waals surface area contributed by atoms with Gasteiger partial charge in [-0.05, 0) is 49.4 Å². The van der Waals surface area contributed by atoms with Crippen molar-refractivity contribution in [1.29, 1.82) is 0 Å². The molecule has 1 aromatic carbocycles. The topological polar surface area (TPSA) is 71.4 Å². The highest BCUT2D eigenvalue weighted by Crippen LogP contribution is 2.28. The molecule has 1 N–H and O–H groups in total. The molecule has 0 spiro atoms. The van der Waals surface area contributed by atoms with Crippen molar-refractivity contribution >= 4 is 11.8 Å². The number of amides is 2. The Kier molecular flexibility index (Phi) is 4.79. The molecule has 2 aliphatic carbocycles. The van der Waals surface area contributed by atoms with Crippen molar-refractivity contribution in [1.82, 2.24) is 14.8 Å². The number of nitrogens with zero attached hydrogens (tertiary/aromatic N) is 2. The van der Waals surface area contributed by atoms with Gasteiger partial charge < -0.3 is 14.8 Å². The van der Waals surface area contributed by atoms with Crippen molar-refractivity contribution in [2.45, 2.75) is 50.9 Å². The van der Waals surface area contributed by atoms with Gasteiger partial charge in [0, 0.05) is 36.5 Å². The van der Waals surface area contributed by atoms with Crippen LogP contribution >= 0.6 is 0 Å². The van der Waals surface area contributed by atoms with Crippen LogP contribution in [0.1, 0.15) is 41.6 Å². The highest BCUT2D eigenvalue weighted by atomic mass is 16.2. The van der Waals surface area contributed by atoms with E-state index in [9.17, 15) is 14.4 Å². The van der Waals surface area contributed by atoms with E-state index >= 15 is 0 Å². The summed E-state index contributed by atoms with van der Waals surface area (Å²) in [5.74, 6) is -0.0935. The molecule has 2 aliphatic rings. The summed E-state index contributed by atoms with van der Waals surface area (Å²) in [5.41, 5.74) is 1.46. The van der Waals surface area contributed by atoms with Crippen LogP contribution in [0.15, 0.2) is 53.5 Å². The average molecular weight is 365 g/mol. The smallest absolute Gasteiger partial charge is 0.251 e. The van der Waals surface area contributed by atoms with Crippen molar-refractivity contribution < 1.29 is 9.59 Å². The first-order chi connectivity index (χ1) is 13.1. The first-order valence-corrected chi connectivity index (χ1v) is 9.45. The van der Waals surface area contributed by atoms with Crippen LogP contribution in [0.5, 0.6) is 0 Å². The molecule has 27 heavy (non-hydrogen) atoms. The summed E-state index contributed by atoms with van der Waals surface area (Å²) in [6.07, 6.45) is 5.76. The molecule has 0 atom stereocenters. The number of carbonyl (C=O) groups excluding carboxylic acids is 2. The van der Waals surface area contributed by atoms with Crippen LogP contribution in [-0.2, 0) is 17.9 Å². The van der Waals surface area contributed by atoms with Crippen LogP contribution in [0.4, 0.5) is 0 Å². The molecule has 140 valence electrons. The van der Waals surface area contributed by atoms with Gasteiger partial charge in [-0.2, -0.15) is 0 Å². The molecule has 0 radical (unpaired) electrons. The maximum Gasteiger partial charge on any atom is 0.251 e. The second-order valence-electron chi connectivity index (χ2n) is 7.36. The summed E-state index contributed by atoms with van der Waals surface area (Å²) in [6, 6.07) is 12.9. The third-order valence-corrected chi connectivity index (χ3v) is 4.99. The van der Waals surface area contributed by atoms with Gasteiger partial charge in [0.05, 0.1) is 0 Å². The van der Waals surface area contributed by atoms with E-state index in [0.717, 1.165) is 31.2 Å². The maximum atomic E-state index is 12.8. The van der Waals surface area contributed by atoms with Crippen LogP contribution in [0.2, 0.25) is 0 Å². The molecule has 0 unspecified atom stereocenters. The molecule has 1 heterocycles. The van der Waals surface area contributed by atoms with E-state index in [1.54, 1.807) is 18.3 Å². The van der Waals surface area contributed by atoms with E-state index in [-0.39, 0.29) is 30.0 Å². The van der Waals surface area contributed by atoms with Gasteiger partial charge in [0.1, 0.15) is 6.54 Å². The Hall–Kier alpha value is -2.89. The standard InChI is InChI=1S/C21H23N3O3/c25-19-3-1-2-12-23(19)14-20(26)24(18-10-11-18)13-15-4-6-16(7-5-15)21(27)22-17-8-9-17/h1-7,12,17-18H,8-11,13-14H2,(H,22,27). The van der Waals surface area contributed by atoms with Gasteiger partial charge in [0.15, 0.2) is 0 Å². The van der Waals surface area contributed by atoms with Crippen molar-refractivity contribution in [2.24, 2.45) is 0 Å². The fourth-order valence-electron chi connectivity index (χ4n) is 3.09. The first kappa shape index (κ1) is 17.5. The summed E-state index contributed by atoms with van der Waals surface area (Å²) >= 11 is 0. The van der Waals surface area contributed by atoms with E-state index in [0.29, 0.717) is 18.2 Å². The third-order valence-electron chi connectivity index (χ3n) is 4.99. The Bertz CT molecular complexity index is 895. The first-order valence-electron chi connectivity index (χ1n) is 9.45. The fourth-order valence-corrected chi connectivity index (χ4v) is 3.09. The van der Waals surface area contributed by atoms with Crippen molar-refractivity contribution in [3.8, 4) is 0 Å². The SMILES string of the molecule is O=C(NC1CC1)c1ccc(CN(C(=O)Cn2ccccc2=O)C2CC2)cc1. The minimum atomic E-state index is -0.173. The largest absolute Gasteiger partial charge is 0.349 e. The Morgan fingerprint density at radius 1 is 1.04 bits per heavy atom. The van der Waals surface area contributed by atoms with E-state index in [2.05, 4.69) is 5.32 Å². The van der Waals surface area contributed by atoms with E-state index in [1.807, 2.05) is 29.2 Å². The predicted octanol–water partition coefficient (Wildman–Crippen LogP) is 1.93. The lowest BCUT2D eigenvalue weighted by atomic mass is 10.1. The van der Waals surface area contributed by atoms with Gasteiger partial charge >= 0.3 is 0 Å². The van der Waals surface area contributed by atoms with Crippen LogP contribution < -0.4 is 10.9 Å². The molecule has 4 rings (SSSR count). The summed E-state index contributed by atoms with van der Waals surface area (Å²) < 4.78 is 1.43. The molecule has 2 aromatic rings. The average Bonchev–Trinajstić information content (AvgIpc) is 3.57. The number of hydrogen-bond acceptors (Lipinski definition) is 3. The van der Waals surface area contributed by atoms with Crippen LogP contribution in [0, 0.1) is 0 Å². The zero-order valence-electron chi connectivity index (χ0n) is 15.1. The summed E-state index contributed by atoms with van der Waals surface area (Å²) in [7, 11) is 0. The molecular weight excluding hydrogens is 342 g/mol. The summed E-state index contributed by atoms with van der Waals surface area (Å²) in [6.45, 7) is 0.549. The van der Waals surface area contributed by atoms with Crippen molar-refractivity contribution in [3.05, 3.63) is 70.1 Å². The minimum absolute atomic E-state index is 0.0392. The highest BCUT2D eigenvalue weighted by Gasteiger charge is 2.32. The lowest BCUT2D eigenvalue weighted by molar-refractivity contribution is -0.133. The molecule has 0 saturated heterocycles. The van der Waals surface area contributed by atoms with Crippen LogP contribution in [0.3, 0.4) is 0 Å². The molecule has 2 fully saturated rings. The van der Waals surface area contributed by atoms with Gasteiger partial charge in [-0.3, -0.25) is 14.4 Å². The fraction of sp³-hybridized carbons (Fsp3) is 0.381. The summed E-state index contributed by atoms with van der Waals surface area (Å²) in [5, 5.41) is 2.97. The molecule has 0 bridgehead atoms. The molecule has 0 aliphatic heterocycles. The molecule has 2 amide bonds. The quantitative estimate of drug-likeness (QED) is 0.815. The Balaban J connectivity index is 1.42. The Morgan fingerprint density at radius 3 is 2.41 bits per heavy atom. The normalized spacial score (nSPS) is 16.0. The Labute approximate surface area is 157 Å². The van der Waals surface area contributed by atoms with E-state index in [4.69, 9.17) is 0 Å². The number of benzene rings is 1. The minimum Gasteiger partial charge on any atom is -0.349 e. The number of hydrogen-bond donors (Lipinski definition) is 1. The summed E-state index contributed by atoms with van der Waals surface area (Å²) in [4.78, 5) is 38.5.